The van der Waals surface area contributed by atoms with Crippen molar-refractivity contribution in [2.45, 2.75) is 62.7 Å². The molecule has 3 saturated carbocycles. The Bertz CT molecular complexity index is 1170. The van der Waals surface area contributed by atoms with Crippen LogP contribution in [0.4, 0.5) is 0 Å². The van der Waals surface area contributed by atoms with Crippen molar-refractivity contribution in [1.29, 1.82) is 0 Å². The molecule has 5 rings (SSSR count). The second-order valence-corrected chi connectivity index (χ2v) is 12.1. The van der Waals surface area contributed by atoms with E-state index in [2.05, 4.69) is 0 Å². The van der Waals surface area contributed by atoms with E-state index in [4.69, 9.17) is 32.4 Å². The van der Waals surface area contributed by atoms with Gasteiger partial charge in [0.05, 0.1) is 29.2 Å². The number of aliphatic hydroxyl groups is 2. The number of ether oxygens (including phenoxy) is 1. The maximum Gasteiger partial charge on any atom is 0.375 e. The summed E-state index contributed by atoms with van der Waals surface area (Å²) in [7, 11) is 0. The number of halogens is 2. The summed E-state index contributed by atoms with van der Waals surface area (Å²) < 4.78 is 11.3. The van der Waals surface area contributed by atoms with Gasteiger partial charge < -0.3 is 19.4 Å². The first-order valence-corrected chi connectivity index (χ1v) is 13.1. The van der Waals surface area contributed by atoms with E-state index in [0.717, 1.165) is 0 Å². The van der Waals surface area contributed by atoms with Crippen LogP contribution in [-0.2, 0) is 14.3 Å². The molecule has 0 unspecified atom stereocenters. The van der Waals surface area contributed by atoms with Crippen molar-refractivity contribution in [2.24, 2.45) is 28.6 Å². The second-order valence-electron chi connectivity index (χ2n) is 11.2. The number of ketones is 2. The van der Waals surface area contributed by atoms with Gasteiger partial charge in [-0.05, 0) is 61.0 Å². The van der Waals surface area contributed by atoms with Crippen LogP contribution in [-0.4, -0.2) is 56.3 Å². The zero-order valence-corrected chi connectivity index (χ0v) is 21.9. The molecular formula is C27H30Cl2O7. The molecule has 4 aliphatic carbocycles. The Labute approximate surface area is 219 Å². The maximum atomic E-state index is 13.6. The summed E-state index contributed by atoms with van der Waals surface area (Å²) in [5.41, 5.74) is -3.14. The van der Waals surface area contributed by atoms with Crippen LogP contribution in [0.1, 0.15) is 50.6 Å². The molecular weight excluding hydrogens is 507 g/mol. The van der Waals surface area contributed by atoms with Gasteiger partial charge in [0.1, 0.15) is 0 Å². The molecule has 0 saturated heterocycles. The summed E-state index contributed by atoms with van der Waals surface area (Å²) in [6, 6.07) is 3.02. The summed E-state index contributed by atoms with van der Waals surface area (Å²) in [6.07, 6.45) is 4.52. The van der Waals surface area contributed by atoms with Crippen LogP contribution < -0.4 is 0 Å². The molecule has 36 heavy (non-hydrogen) atoms. The van der Waals surface area contributed by atoms with Crippen LogP contribution in [0.25, 0.3) is 0 Å². The number of hydrogen-bond donors (Lipinski definition) is 2. The van der Waals surface area contributed by atoms with E-state index in [1.165, 1.54) is 24.5 Å². The van der Waals surface area contributed by atoms with Crippen LogP contribution in [0.15, 0.2) is 46.6 Å². The minimum Gasteiger partial charge on any atom is -0.457 e. The molecule has 0 bridgehead atoms. The third kappa shape index (κ3) is 3.03. The number of Topliss-reactive ketones (excluding diaryl/α,β-unsaturated/α-hetero) is 1. The zero-order chi connectivity index (χ0) is 26.3. The highest BCUT2D eigenvalue weighted by Crippen LogP contribution is 2.72. The highest BCUT2D eigenvalue weighted by molar-refractivity contribution is 6.29. The maximum absolute atomic E-state index is 13.6. The molecule has 1 aromatic heterocycles. The Balaban J connectivity index is 1.64. The van der Waals surface area contributed by atoms with E-state index in [1.54, 1.807) is 12.1 Å². The summed E-state index contributed by atoms with van der Waals surface area (Å²) in [5, 5.41) is 22.9. The Kier molecular flexibility index (Phi) is 5.92. The molecule has 0 aliphatic heterocycles. The third-order valence-corrected chi connectivity index (χ3v) is 10.9. The standard InChI is InChI=1S/C27H30Cl2O7/c1-14-9-16-17-11-19(31)18-10-15(30)6-7-24(18,2)26(17,29)21(32)12-25(16,3)27(14,22(33)13-28)36-23(34)20-5-4-8-35-20/h4-8,10,14,16-17,19,21,31-32H,9,11-13H2,1-3H3/t14-,16+,17+,19+,21+,24+,25+,26+,27+/m1/s1. The first-order valence-electron chi connectivity index (χ1n) is 12.2. The summed E-state index contributed by atoms with van der Waals surface area (Å²) in [4.78, 5) is 37.6. The van der Waals surface area contributed by atoms with Gasteiger partial charge in [-0.1, -0.05) is 26.8 Å². The van der Waals surface area contributed by atoms with Gasteiger partial charge in [-0.3, -0.25) is 9.59 Å². The molecule has 3 fully saturated rings. The Morgan fingerprint density at radius 1 is 1.22 bits per heavy atom. The number of allylic oxidation sites excluding steroid dienone is 3. The zero-order valence-electron chi connectivity index (χ0n) is 20.4. The lowest BCUT2D eigenvalue weighted by atomic mass is 9.45. The largest absolute Gasteiger partial charge is 0.457 e. The van der Waals surface area contributed by atoms with Crippen molar-refractivity contribution in [3.05, 3.63) is 48.0 Å². The Morgan fingerprint density at radius 2 is 1.94 bits per heavy atom. The SMILES string of the molecule is C[C@@H]1C[C@H]2[C@@H]3C[C@H](O)C4=CC(=O)C=C[C@]4(C)[C@@]3(Cl)[C@@H](O)C[C@]2(C)[C@@]1(OC(=O)c1ccco1)C(=O)CCl. The average molecular weight is 537 g/mol. The minimum atomic E-state index is -1.62. The Morgan fingerprint density at radius 3 is 2.58 bits per heavy atom. The number of rotatable bonds is 4. The quantitative estimate of drug-likeness (QED) is 0.443. The topological polar surface area (TPSA) is 114 Å². The fourth-order valence-corrected chi connectivity index (χ4v) is 8.82. The molecule has 7 nitrogen and oxygen atoms in total. The van der Waals surface area contributed by atoms with E-state index in [9.17, 15) is 24.6 Å². The molecule has 2 N–H and O–H groups in total. The molecule has 0 spiro atoms. The van der Waals surface area contributed by atoms with Crippen molar-refractivity contribution in [1.82, 2.24) is 0 Å². The van der Waals surface area contributed by atoms with E-state index < -0.39 is 57.1 Å². The number of fused-ring (bicyclic) bond motifs is 5. The lowest BCUT2D eigenvalue weighted by molar-refractivity contribution is -0.180. The molecule has 4 aliphatic rings. The molecule has 194 valence electrons. The average Bonchev–Trinajstić information content (AvgIpc) is 3.44. The second kappa shape index (κ2) is 8.29. The highest BCUT2D eigenvalue weighted by Gasteiger charge is 2.77. The van der Waals surface area contributed by atoms with E-state index in [0.29, 0.717) is 12.0 Å². The number of aliphatic hydroxyl groups excluding tert-OH is 2. The monoisotopic (exact) mass is 536 g/mol. The summed E-state index contributed by atoms with van der Waals surface area (Å²) >= 11 is 13.5. The van der Waals surface area contributed by atoms with Gasteiger partial charge in [0.25, 0.3) is 0 Å². The van der Waals surface area contributed by atoms with Gasteiger partial charge in [0.15, 0.2) is 17.2 Å². The normalized spacial score (nSPS) is 45.4. The smallest absolute Gasteiger partial charge is 0.375 e. The minimum absolute atomic E-state index is 0.0357. The molecule has 9 heteroatoms. The fourth-order valence-electron chi connectivity index (χ4n) is 8.13. The number of esters is 1. The van der Waals surface area contributed by atoms with Gasteiger partial charge in [-0.2, -0.15) is 0 Å². The van der Waals surface area contributed by atoms with Crippen molar-refractivity contribution in [3.63, 3.8) is 0 Å². The van der Waals surface area contributed by atoms with Gasteiger partial charge >= 0.3 is 5.97 Å². The number of furan rings is 1. The molecule has 0 radical (unpaired) electrons. The molecule has 9 atom stereocenters. The third-order valence-electron chi connectivity index (χ3n) is 9.72. The van der Waals surface area contributed by atoms with Crippen molar-refractivity contribution in [3.8, 4) is 0 Å². The van der Waals surface area contributed by atoms with Gasteiger partial charge in [-0.25, -0.2) is 4.79 Å². The number of hydrogen-bond acceptors (Lipinski definition) is 7. The van der Waals surface area contributed by atoms with Crippen LogP contribution in [0, 0.1) is 28.6 Å². The molecule has 1 aromatic rings. The van der Waals surface area contributed by atoms with Crippen LogP contribution in [0.5, 0.6) is 0 Å². The predicted molar refractivity (Wildman–Crippen MR) is 132 cm³/mol. The van der Waals surface area contributed by atoms with Gasteiger partial charge in [0.2, 0.25) is 5.76 Å². The fraction of sp³-hybridized carbons (Fsp3) is 0.593. The Hall–Kier alpha value is -1.93. The van der Waals surface area contributed by atoms with Gasteiger partial charge in [0, 0.05) is 16.7 Å². The summed E-state index contributed by atoms with van der Waals surface area (Å²) in [5.74, 6) is -3.03. The first kappa shape index (κ1) is 25.7. The van der Waals surface area contributed by atoms with Crippen molar-refractivity contribution >= 4 is 40.7 Å². The number of carbonyl (C=O) groups is 3. The van der Waals surface area contributed by atoms with Crippen LogP contribution in [0.2, 0.25) is 0 Å². The van der Waals surface area contributed by atoms with Crippen molar-refractivity contribution < 1.29 is 33.8 Å². The van der Waals surface area contributed by atoms with Crippen LogP contribution in [0.3, 0.4) is 0 Å². The van der Waals surface area contributed by atoms with E-state index >= 15 is 0 Å². The molecule has 1 heterocycles. The number of carbonyl (C=O) groups excluding carboxylic acids is 3. The highest BCUT2D eigenvalue weighted by atomic mass is 35.5. The summed E-state index contributed by atoms with van der Waals surface area (Å²) in [6.45, 7) is 5.53. The lowest BCUT2D eigenvalue weighted by Gasteiger charge is -2.64. The lowest BCUT2D eigenvalue weighted by Crippen LogP contribution is -2.70. The van der Waals surface area contributed by atoms with E-state index in [-0.39, 0.29) is 36.2 Å². The van der Waals surface area contributed by atoms with Crippen LogP contribution >= 0.6 is 23.2 Å². The molecule has 0 aromatic carbocycles. The van der Waals surface area contributed by atoms with E-state index in [1.807, 2.05) is 20.8 Å². The first-order chi connectivity index (χ1) is 16.9. The number of alkyl halides is 2. The van der Waals surface area contributed by atoms with Gasteiger partial charge in [-0.15, -0.1) is 23.2 Å². The predicted octanol–water partition coefficient (Wildman–Crippen LogP) is 3.84. The molecule has 0 amide bonds. The van der Waals surface area contributed by atoms with Crippen molar-refractivity contribution in [2.75, 3.05) is 5.88 Å².